The molecule has 23 heavy (non-hydrogen) atoms. The zero-order chi connectivity index (χ0) is 16.2. The lowest BCUT2D eigenvalue weighted by atomic mass is 10.2. The van der Waals surface area contributed by atoms with Gasteiger partial charge in [0.05, 0.1) is 20.6 Å². The minimum Gasteiger partial charge on any atom is -0.276 e. The maximum absolute atomic E-state index is 12.0. The molecule has 0 fully saturated rings. The number of hydrogen-bond acceptors (Lipinski definition) is 4. The number of hydrazone groups is 1. The molecule has 3 aromatic rings. The van der Waals surface area contributed by atoms with Crippen molar-refractivity contribution < 1.29 is 4.79 Å². The summed E-state index contributed by atoms with van der Waals surface area (Å²) in [6.07, 6.45) is 1.58. The zero-order valence-corrected chi connectivity index (χ0v) is 15.6. The van der Waals surface area contributed by atoms with Gasteiger partial charge in [-0.15, -0.1) is 11.3 Å². The van der Waals surface area contributed by atoms with E-state index in [0.717, 1.165) is 24.4 Å². The van der Waals surface area contributed by atoms with Gasteiger partial charge in [-0.1, -0.05) is 28.1 Å². The summed E-state index contributed by atoms with van der Waals surface area (Å²) in [6.45, 7) is 0. The van der Waals surface area contributed by atoms with E-state index in [4.69, 9.17) is 0 Å². The van der Waals surface area contributed by atoms with Crippen molar-refractivity contribution >= 4 is 55.3 Å². The van der Waals surface area contributed by atoms with Gasteiger partial charge in [0.15, 0.2) is 5.69 Å². The molecule has 2 N–H and O–H groups in total. The van der Waals surface area contributed by atoms with Crippen molar-refractivity contribution in [3.8, 4) is 10.6 Å². The van der Waals surface area contributed by atoms with E-state index in [1.807, 2.05) is 36.4 Å². The lowest BCUT2D eigenvalue weighted by molar-refractivity contribution is 0.0950. The molecule has 2 aromatic heterocycles. The van der Waals surface area contributed by atoms with Crippen LogP contribution in [0.1, 0.15) is 16.1 Å². The van der Waals surface area contributed by atoms with Crippen LogP contribution in [0.15, 0.2) is 55.8 Å². The average Bonchev–Trinajstić information content (AvgIpc) is 3.18. The third kappa shape index (κ3) is 4.15. The highest BCUT2D eigenvalue weighted by Gasteiger charge is 2.11. The Kier molecular flexibility index (Phi) is 5.04. The normalized spacial score (nSPS) is 11.0. The number of nitrogens with one attached hydrogen (secondary N) is 2. The fourth-order valence-electron chi connectivity index (χ4n) is 1.79. The van der Waals surface area contributed by atoms with Crippen LogP contribution in [0.2, 0.25) is 0 Å². The van der Waals surface area contributed by atoms with Gasteiger partial charge in [0.1, 0.15) is 0 Å². The number of hydrogen-bond donors (Lipinski definition) is 2. The lowest BCUT2D eigenvalue weighted by Gasteiger charge is -1.95. The molecule has 0 aliphatic rings. The third-order valence-electron chi connectivity index (χ3n) is 2.90. The molecule has 5 nitrogen and oxygen atoms in total. The number of H-pyrrole nitrogens is 1. The summed E-state index contributed by atoms with van der Waals surface area (Å²) in [4.78, 5) is 13.0. The first-order valence-electron chi connectivity index (χ1n) is 6.52. The predicted octanol–water partition coefficient (Wildman–Crippen LogP) is 4.43. The van der Waals surface area contributed by atoms with Gasteiger partial charge in [0.2, 0.25) is 0 Å². The first kappa shape index (κ1) is 16.1. The van der Waals surface area contributed by atoms with Crippen LogP contribution in [-0.2, 0) is 0 Å². The Labute approximate surface area is 153 Å². The molecule has 0 radical (unpaired) electrons. The van der Waals surface area contributed by atoms with Gasteiger partial charge in [-0.25, -0.2) is 5.43 Å². The minimum atomic E-state index is -0.364. The Morgan fingerprint density at radius 3 is 2.70 bits per heavy atom. The summed E-state index contributed by atoms with van der Waals surface area (Å²) in [6, 6.07) is 13.2. The Hall–Kier alpha value is -1.77. The van der Waals surface area contributed by atoms with E-state index in [1.54, 1.807) is 23.6 Å². The second kappa shape index (κ2) is 7.20. The second-order valence-corrected chi connectivity index (χ2v) is 7.90. The number of rotatable bonds is 4. The number of thiophene rings is 1. The average molecular weight is 454 g/mol. The highest BCUT2D eigenvalue weighted by atomic mass is 79.9. The lowest BCUT2D eigenvalue weighted by Crippen LogP contribution is -2.17. The van der Waals surface area contributed by atoms with Crippen LogP contribution in [0, 0.1) is 0 Å². The monoisotopic (exact) mass is 452 g/mol. The molecule has 2 heterocycles. The van der Waals surface area contributed by atoms with Crippen LogP contribution >= 0.6 is 43.2 Å². The van der Waals surface area contributed by atoms with Gasteiger partial charge in [-0.3, -0.25) is 9.89 Å². The number of nitrogens with zero attached hydrogens (tertiary/aromatic N) is 2. The second-order valence-electron chi connectivity index (χ2n) is 4.52. The Bertz CT molecular complexity index is 855. The molecule has 116 valence electrons. The van der Waals surface area contributed by atoms with Crippen molar-refractivity contribution in [3.63, 3.8) is 0 Å². The largest absolute Gasteiger partial charge is 0.291 e. The van der Waals surface area contributed by atoms with Gasteiger partial charge < -0.3 is 0 Å². The molecule has 0 bridgehead atoms. The molecule has 0 aliphatic heterocycles. The summed E-state index contributed by atoms with van der Waals surface area (Å²) in [7, 11) is 0. The van der Waals surface area contributed by atoms with Gasteiger partial charge >= 0.3 is 0 Å². The van der Waals surface area contributed by atoms with Crippen LogP contribution in [0.25, 0.3) is 10.6 Å². The predicted molar refractivity (Wildman–Crippen MR) is 98.8 cm³/mol. The molecule has 0 spiro atoms. The van der Waals surface area contributed by atoms with E-state index in [1.165, 1.54) is 0 Å². The summed E-state index contributed by atoms with van der Waals surface area (Å²) < 4.78 is 2.01. The van der Waals surface area contributed by atoms with Crippen LogP contribution in [0.5, 0.6) is 0 Å². The van der Waals surface area contributed by atoms with Crippen LogP contribution < -0.4 is 5.43 Å². The summed E-state index contributed by atoms with van der Waals surface area (Å²) >= 11 is 8.33. The summed E-state index contributed by atoms with van der Waals surface area (Å²) in [5.74, 6) is -0.364. The molecule has 0 aliphatic carbocycles. The van der Waals surface area contributed by atoms with E-state index < -0.39 is 0 Å². The molecule has 1 aromatic carbocycles. The SMILES string of the molecule is O=C(NN=Cc1ccc(Br)cc1)c1cc(-c2ccc(Br)s2)[nH]n1. The van der Waals surface area contributed by atoms with E-state index in [2.05, 4.69) is 52.6 Å². The maximum Gasteiger partial charge on any atom is 0.291 e. The van der Waals surface area contributed by atoms with Gasteiger partial charge in [0.25, 0.3) is 5.91 Å². The van der Waals surface area contributed by atoms with Crippen molar-refractivity contribution in [1.82, 2.24) is 15.6 Å². The standard InChI is InChI=1S/C15H10Br2N4OS/c16-10-3-1-9(2-4-10)8-18-21-15(22)12-7-11(19-20-12)13-5-6-14(17)23-13/h1-8H,(H,19,20)(H,21,22). The van der Waals surface area contributed by atoms with Crippen molar-refractivity contribution in [2.45, 2.75) is 0 Å². The van der Waals surface area contributed by atoms with Crippen LogP contribution in [0.4, 0.5) is 0 Å². The van der Waals surface area contributed by atoms with Gasteiger partial charge in [0, 0.05) is 4.47 Å². The number of aromatic nitrogens is 2. The first-order chi connectivity index (χ1) is 11.1. The summed E-state index contributed by atoms with van der Waals surface area (Å²) in [5, 5.41) is 10.8. The topological polar surface area (TPSA) is 70.1 Å². The van der Waals surface area contributed by atoms with Gasteiger partial charge in [-0.2, -0.15) is 10.2 Å². The van der Waals surface area contributed by atoms with Crippen LogP contribution in [0.3, 0.4) is 0 Å². The fourth-order valence-corrected chi connectivity index (χ4v) is 3.41. The molecule has 0 saturated carbocycles. The Morgan fingerprint density at radius 1 is 1.22 bits per heavy atom. The number of carbonyl (C=O) groups is 1. The Morgan fingerprint density at radius 2 is 2.00 bits per heavy atom. The highest BCUT2D eigenvalue weighted by molar-refractivity contribution is 9.11. The van der Waals surface area contributed by atoms with Crippen molar-refractivity contribution in [3.05, 3.63) is 62.0 Å². The van der Waals surface area contributed by atoms with Crippen molar-refractivity contribution in [2.75, 3.05) is 0 Å². The fraction of sp³-hybridized carbons (Fsp3) is 0. The quantitative estimate of drug-likeness (QED) is 0.453. The van der Waals surface area contributed by atoms with Gasteiger partial charge in [-0.05, 0) is 51.8 Å². The highest BCUT2D eigenvalue weighted by Crippen LogP contribution is 2.30. The number of aromatic amines is 1. The van der Waals surface area contributed by atoms with E-state index in [-0.39, 0.29) is 11.6 Å². The molecule has 1 amide bonds. The van der Waals surface area contributed by atoms with Crippen molar-refractivity contribution in [2.24, 2.45) is 5.10 Å². The molecule has 3 rings (SSSR count). The molecule has 8 heteroatoms. The van der Waals surface area contributed by atoms with E-state index in [9.17, 15) is 4.79 Å². The zero-order valence-electron chi connectivity index (χ0n) is 11.6. The maximum atomic E-state index is 12.0. The molecule has 0 unspecified atom stereocenters. The molecule has 0 saturated heterocycles. The van der Waals surface area contributed by atoms with E-state index >= 15 is 0 Å². The first-order valence-corrected chi connectivity index (χ1v) is 8.92. The number of benzene rings is 1. The summed E-state index contributed by atoms with van der Waals surface area (Å²) in [5.41, 5.74) is 4.43. The van der Waals surface area contributed by atoms with Crippen LogP contribution in [-0.4, -0.2) is 22.3 Å². The molecule has 0 atom stereocenters. The minimum absolute atomic E-state index is 0.289. The number of carbonyl (C=O) groups excluding carboxylic acids is 1. The Balaban J connectivity index is 1.64. The van der Waals surface area contributed by atoms with E-state index in [0.29, 0.717) is 0 Å². The smallest absolute Gasteiger partial charge is 0.276 e. The van der Waals surface area contributed by atoms with Crippen molar-refractivity contribution in [1.29, 1.82) is 0 Å². The molecular formula is C15H10Br2N4OS. The third-order valence-corrected chi connectivity index (χ3v) is 5.08. The number of halogens is 2. The number of amides is 1. The molecular weight excluding hydrogens is 444 g/mol.